The molecule has 2 heterocycles. The molecule has 0 unspecified atom stereocenters. The van der Waals surface area contributed by atoms with Crippen LogP contribution in [0, 0.1) is 13.8 Å². The van der Waals surface area contributed by atoms with Crippen LogP contribution in [0.4, 0.5) is 5.00 Å². The maximum Gasteiger partial charge on any atom is 0.233 e. The molecule has 0 atom stereocenters. The molecule has 4 heteroatoms. The number of carbonyl (C=O) groups excluding carboxylic acids is 1. The average molecular weight is 369 g/mol. The van der Waals surface area contributed by atoms with E-state index in [9.17, 15) is 4.79 Å². The van der Waals surface area contributed by atoms with E-state index in [1.54, 1.807) is 0 Å². The van der Waals surface area contributed by atoms with Crippen molar-refractivity contribution in [1.82, 2.24) is 4.90 Å². The molecule has 1 fully saturated rings. The van der Waals surface area contributed by atoms with Crippen molar-refractivity contribution in [1.29, 1.82) is 0 Å². The summed E-state index contributed by atoms with van der Waals surface area (Å²) in [6.45, 7) is 9.99. The number of rotatable bonds is 4. The molecule has 0 aliphatic carbocycles. The topological polar surface area (TPSA) is 46.3 Å². The first-order valence-electron chi connectivity index (χ1n) is 9.23. The van der Waals surface area contributed by atoms with Gasteiger partial charge in [0.15, 0.2) is 0 Å². The number of benzene rings is 1. The summed E-state index contributed by atoms with van der Waals surface area (Å²) in [5.41, 5.74) is 10.4. The predicted molar refractivity (Wildman–Crippen MR) is 112 cm³/mol. The van der Waals surface area contributed by atoms with Gasteiger partial charge in [-0.05, 0) is 52.2 Å². The van der Waals surface area contributed by atoms with Gasteiger partial charge in [-0.15, -0.1) is 11.3 Å². The molecule has 3 rings (SSSR count). The third kappa shape index (κ3) is 3.85. The molecule has 1 aliphatic rings. The van der Waals surface area contributed by atoms with Crippen molar-refractivity contribution in [2.75, 3.05) is 18.8 Å². The first kappa shape index (κ1) is 18.7. The zero-order chi connectivity index (χ0) is 18.9. The van der Waals surface area contributed by atoms with Gasteiger partial charge in [0, 0.05) is 23.5 Å². The van der Waals surface area contributed by atoms with Crippen LogP contribution in [0.15, 0.2) is 24.3 Å². The molecule has 0 radical (unpaired) electrons. The number of nitrogens with zero attached hydrogens (tertiary/aromatic N) is 1. The zero-order valence-corrected chi connectivity index (χ0v) is 17.0. The lowest BCUT2D eigenvalue weighted by molar-refractivity contribution is -0.135. The third-order valence-corrected chi connectivity index (χ3v) is 6.34. The van der Waals surface area contributed by atoms with Crippen LogP contribution in [-0.2, 0) is 10.2 Å². The maximum absolute atomic E-state index is 12.9. The number of amides is 1. The number of carbonyl (C=O) groups is 1. The minimum atomic E-state index is -0.533. The third-order valence-electron chi connectivity index (χ3n) is 5.03. The van der Waals surface area contributed by atoms with Gasteiger partial charge in [0.2, 0.25) is 5.91 Å². The van der Waals surface area contributed by atoms with Crippen molar-refractivity contribution in [3.05, 3.63) is 51.4 Å². The van der Waals surface area contributed by atoms with Crippen molar-refractivity contribution >= 4 is 34.4 Å². The highest BCUT2D eigenvalue weighted by Crippen LogP contribution is 2.37. The number of hydrogen-bond donors (Lipinski definition) is 1. The summed E-state index contributed by atoms with van der Waals surface area (Å²) in [4.78, 5) is 15.9. The van der Waals surface area contributed by atoms with E-state index in [0.29, 0.717) is 0 Å². The lowest BCUT2D eigenvalue weighted by Gasteiger charge is -2.28. The van der Waals surface area contributed by atoms with Gasteiger partial charge in [0.1, 0.15) is 0 Å². The molecule has 2 aromatic rings. The Kier molecular flexibility index (Phi) is 5.24. The molecule has 2 N–H and O–H groups in total. The van der Waals surface area contributed by atoms with Crippen LogP contribution in [0.3, 0.4) is 0 Å². The fraction of sp³-hybridized carbons (Fsp3) is 0.409. The summed E-state index contributed by atoms with van der Waals surface area (Å²) in [5.74, 6) is 0.209. The molecule has 138 valence electrons. The second-order valence-electron chi connectivity index (χ2n) is 7.81. The van der Waals surface area contributed by atoms with E-state index in [0.717, 1.165) is 41.4 Å². The number of aryl methyl sites for hydroxylation is 2. The van der Waals surface area contributed by atoms with Crippen LogP contribution >= 0.6 is 11.3 Å². The Hall–Kier alpha value is -2.07. The minimum absolute atomic E-state index is 0.209. The normalized spacial score (nSPS) is 15.2. The quantitative estimate of drug-likeness (QED) is 0.824. The van der Waals surface area contributed by atoms with Crippen LogP contribution in [0.1, 0.15) is 53.8 Å². The summed E-state index contributed by atoms with van der Waals surface area (Å²) in [6.07, 6.45) is 6.37. The lowest BCUT2D eigenvalue weighted by Crippen LogP contribution is -2.41. The molecule has 26 heavy (non-hydrogen) atoms. The maximum atomic E-state index is 12.9. The van der Waals surface area contributed by atoms with Gasteiger partial charge < -0.3 is 10.6 Å². The van der Waals surface area contributed by atoms with E-state index < -0.39 is 5.41 Å². The van der Waals surface area contributed by atoms with Crippen molar-refractivity contribution in [2.45, 2.75) is 46.0 Å². The van der Waals surface area contributed by atoms with E-state index in [1.165, 1.54) is 28.0 Å². The molecule has 0 spiro atoms. The van der Waals surface area contributed by atoms with Gasteiger partial charge in [-0.1, -0.05) is 41.5 Å². The highest BCUT2D eigenvalue weighted by Gasteiger charge is 2.36. The van der Waals surface area contributed by atoms with Crippen LogP contribution in [0.5, 0.6) is 0 Å². The number of likely N-dealkylation sites (tertiary alicyclic amines) is 1. The van der Waals surface area contributed by atoms with Crippen molar-refractivity contribution < 1.29 is 4.79 Å². The van der Waals surface area contributed by atoms with Gasteiger partial charge in [-0.2, -0.15) is 0 Å². The van der Waals surface area contributed by atoms with Crippen molar-refractivity contribution in [2.24, 2.45) is 0 Å². The first-order valence-corrected chi connectivity index (χ1v) is 10.0. The summed E-state index contributed by atoms with van der Waals surface area (Å²) >= 11 is 1.53. The zero-order valence-electron chi connectivity index (χ0n) is 16.1. The van der Waals surface area contributed by atoms with Crippen LogP contribution in [-0.4, -0.2) is 23.9 Å². The van der Waals surface area contributed by atoms with Crippen molar-refractivity contribution in [3.63, 3.8) is 0 Å². The van der Waals surface area contributed by atoms with Gasteiger partial charge >= 0.3 is 0 Å². The Bertz CT molecular complexity index is 822. The van der Waals surface area contributed by atoms with Gasteiger partial charge in [-0.3, -0.25) is 4.79 Å². The second-order valence-corrected chi connectivity index (χ2v) is 8.89. The molecule has 1 amide bonds. The Labute approximate surface area is 160 Å². The Morgan fingerprint density at radius 2 is 1.69 bits per heavy atom. The molecule has 1 saturated heterocycles. The standard InChI is InChI=1S/C22H28N2OS/c1-15-11-16(2)13-17(12-15)7-8-18-14-19(26-20(18)23)22(3,4)21(25)24-9-5-6-10-24/h7-8,11-14H,5-6,9-10,23H2,1-4H3/b8-7+. The van der Waals surface area contributed by atoms with Gasteiger partial charge in [0.05, 0.1) is 10.4 Å². The Morgan fingerprint density at radius 3 is 2.31 bits per heavy atom. The SMILES string of the molecule is Cc1cc(C)cc(/C=C/c2cc(C(C)(C)C(=O)N3CCCC3)sc2N)c1. The van der Waals surface area contributed by atoms with Gasteiger partial charge in [-0.25, -0.2) is 0 Å². The van der Waals surface area contributed by atoms with E-state index in [2.05, 4.69) is 50.3 Å². The number of thiophene rings is 1. The molecular weight excluding hydrogens is 340 g/mol. The van der Waals surface area contributed by atoms with E-state index in [-0.39, 0.29) is 5.91 Å². The van der Waals surface area contributed by atoms with Crippen LogP contribution in [0.25, 0.3) is 12.2 Å². The smallest absolute Gasteiger partial charge is 0.233 e. The fourth-order valence-corrected chi connectivity index (χ4v) is 4.58. The molecule has 1 aromatic heterocycles. The van der Waals surface area contributed by atoms with Gasteiger partial charge in [0.25, 0.3) is 0 Å². The van der Waals surface area contributed by atoms with E-state index in [4.69, 9.17) is 5.73 Å². The average Bonchev–Trinajstić information content (AvgIpc) is 3.21. The number of hydrogen-bond acceptors (Lipinski definition) is 3. The molecule has 0 saturated carbocycles. The fourth-order valence-electron chi connectivity index (χ4n) is 3.57. The number of nitrogen functional groups attached to an aromatic ring is 1. The van der Waals surface area contributed by atoms with Crippen molar-refractivity contribution in [3.8, 4) is 0 Å². The summed E-state index contributed by atoms with van der Waals surface area (Å²) in [5, 5.41) is 0.767. The van der Waals surface area contributed by atoms with Crippen LogP contribution < -0.4 is 5.73 Å². The van der Waals surface area contributed by atoms with E-state index >= 15 is 0 Å². The van der Waals surface area contributed by atoms with Crippen LogP contribution in [0.2, 0.25) is 0 Å². The van der Waals surface area contributed by atoms with E-state index in [1.807, 2.05) is 18.7 Å². The lowest BCUT2D eigenvalue weighted by atomic mass is 9.89. The highest BCUT2D eigenvalue weighted by molar-refractivity contribution is 7.16. The number of anilines is 1. The first-order chi connectivity index (χ1) is 12.3. The minimum Gasteiger partial charge on any atom is -0.390 e. The highest BCUT2D eigenvalue weighted by atomic mass is 32.1. The summed E-state index contributed by atoms with van der Waals surface area (Å²) in [6, 6.07) is 8.57. The monoisotopic (exact) mass is 368 g/mol. The number of nitrogens with two attached hydrogens (primary N) is 1. The molecular formula is C22H28N2OS. The molecule has 0 bridgehead atoms. The molecule has 1 aliphatic heterocycles. The Balaban J connectivity index is 1.84. The second kappa shape index (κ2) is 7.28. The summed E-state index contributed by atoms with van der Waals surface area (Å²) < 4.78 is 0. The molecule has 3 nitrogen and oxygen atoms in total. The predicted octanol–water partition coefficient (Wildman–Crippen LogP) is 5.02. The summed E-state index contributed by atoms with van der Waals surface area (Å²) in [7, 11) is 0. The Morgan fingerprint density at radius 1 is 1.08 bits per heavy atom. The molecule has 1 aromatic carbocycles. The largest absolute Gasteiger partial charge is 0.390 e.